The lowest BCUT2D eigenvalue weighted by atomic mass is 9.95. The van der Waals surface area contributed by atoms with E-state index in [2.05, 4.69) is 27.5 Å². The van der Waals surface area contributed by atoms with Crippen LogP contribution in [0.1, 0.15) is 36.0 Å². The molecule has 0 aliphatic carbocycles. The highest BCUT2D eigenvalue weighted by Crippen LogP contribution is 2.22. The minimum Gasteiger partial charge on any atom is -0.339 e. The molecule has 2 fully saturated rings. The summed E-state index contributed by atoms with van der Waals surface area (Å²) in [6.07, 6.45) is 5.05. The summed E-state index contributed by atoms with van der Waals surface area (Å²) in [6.45, 7) is 5.64. The molecule has 0 aromatic heterocycles. The molecular formula is C17H23IN2O. The van der Waals surface area contributed by atoms with E-state index in [-0.39, 0.29) is 5.91 Å². The van der Waals surface area contributed by atoms with Gasteiger partial charge in [-0.3, -0.25) is 4.79 Å². The van der Waals surface area contributed by atoms with Crippen LogP contribution in [0.15, 0.2) is 24.3 Å². The molecule has 3 nitrogen and oxygen atoms in total. The van der Waals surface area contributed by atoms with Gasteiger partial charge in [-0.15, -0.1) is 0 Å². The fourth-order valence-electron chi connectivity index (χ4n) is 3.42. The minimum atomic E-state index is 0.200. The van der Waals surface area contributed by atoms with Crippen LogP contribution in [-0.2, 0) is 0 Å². The van der Waals surface area contributed by atoms with Crippen molar-refractivity contribution in [2.24, 2.45) is 5.92 Å². The van der Waals surface area contributed by atoms with Crippen molar-refractivity contribution in [1.82, 2.24) is 9.80 Å². The van der Waals surface area contributed by atoms with Crippen LogP contribution in [-0.4, -0.2) is 48.4 Å². The van der Waals surface area contributed by atoms with E-state index >= 15 is 0 Å². The van der Waals surface area contributed by atoms with E-state index in [9.17, 15) is 4.79 Å². The van der Waals surface area contributed by atoms with Crippen LogP contribution >= 0.6 is 22.6 Å². The molecule has 0 spiro atoms. The molecule has 0 unspecified atom stereocenters. The highest BCUT2D eigenvalue weighted by atomic mass is 127. The van der Waals surface area contributed by atoms with Gasteiger partial charge in [0.1, 0.15) is 0 Å². The third-order valence-electron chi connectivity index (χ3n) is 4.71. The SMILES string of the molecule is O=C(c1ccc(I)cc1)N1CCC(CN2CCCC2)CC1. The number of likely N-dealkylation sites (tertiary alicyclic amines) is 2. The van der Waals surface area contributed by atoms with Gasteiger partial charge < -0.3 is 9.80 Å². The molecule has 2 aliphatic heterocycles. The van der Waals surface area contributed by atoms with Crippen molar-refractivity contribution in [3.8, 4) is 0 Å². The highest BCUT2D eigenvalue weighted by molar-refractivity contribution is 14.1. The second kappa shape index (κ2) is 7.09. The molecular weight excluding hydrogens is 375 g/mol. The van der Waals surface area contributed by atoms with Crippen molar-refractivity contribution in [2.45, 2.75) is 25.7 Å². The normalized spacial score (nSPS) is 20.9. The lowest BCUT2D eigenvalue weighted by Crippen LogP contribution is -2.41. The van der Waals surface area contributed by atoms with E-state index < -0.39 is 0 Å². The van der Waals surface area contributed by atoms with Gasteiger partial charge in [0.2, 0.25) is 0 Å². The summed E-state index contributed by atoms with van der Waals surface area (Å²) in [4.78, 5) is 17.1. The zero-order valence-corrected chi connectivity index (χ0v) is 14.6. The number of hydrogen-bond acceptors (Lipinski definition) is 2. The first-order valence-electron chi connectivity index (χ1n) is 7.99. The number of amides is 1. The largest absolute Gasteiger partial charge is 0.339 e. The van der Waals surface area contributed by atoms with E-state index in [1.807, 2.05) is 29.2 Å². The predicted molar refractivity (Wildman–Crippen MR) is 93.5 cm³/mol. The molecule has 2 heterocycles. The Kier molecular flexibility index (Phi) is 5.16. The Hall–Kier alpha value is -0.620. The van der Waals surface area contributed by atoms with Crippen LogP contribution < -0.4 is 0 Å². The third-order valence-corrected chi connectivity index (χ3v) is 5.43. The summed E-state index contributed by atoms with van der Waals surface area (Å²) in [5.41, 5.74) is 0.827. The third kappa shape index (κ3) is 3.97. The van der Waals surface area contributed by atoms with Crippen molar-refractivity contribution in [1.29, 1.82) is 0 Å². The van der Waals surface area contributed by atoms with E-state index in [0.29, 0.717) is 0 Å². The van der Waals surface area contributed by atoms with Crippen LogP contribution in [0.25, 0.3) is 0 Å². The summed E-state index contributed by atoms with van der Waals surface area (Å²) < 4.78 is 1.17. The Morgan fingerprint density at radius 1 is 1.05 bits per heavy atom. The van der Waals surface area contributed by atoms with Gasteiger partial charge in [0.25, 0.3) is 5.91 Å². The summed E-state index contributed by atoms with van der Waals surface area (Å²) in [5, 5.41) is 0. The van der Waals surface area contributed by atoms with Crippen LogP contribution in [0.2, 0.25) is 0 Å². The maximum atomic E-state index is 12.5. The molecule has 0 saturated carbocycles. The predicted octanol–water partition coefficient (Wildman–Crippen LogP) is 3.24. The van der Waals surface area contributed by atoms with Crippen LogP contribution in [0.4, 0.5) is 0 Å². The molecule has 0 bridgehead atoms. The molecule has 2 aliphatic rings. The fourth-order valence-corrected chi connectivity index (χ4v) is 3.78. The molecule has 0 N–H and O–H groups in total. The maximum Gasteiger partial charge on any atom is 0.253 e. The van der Waals surface area contributed by atoms with Gasteiger partial charge in [-0.2, -0.15) is 0 Å². The Morgan fingerprint density at radius 3 is 2.29 bits per heavy atom. The molecule has 114 valence electrons. The molecule has 2 saturated heterocycles. The van der Waals surface area contributed by atoms with Gasteiger partial charge in [0, 0.05) is 28.8 Å². The molecule has 1 aromatic carbocycles. The second-order valence-electron chi connectivity index (χ2n) is 6.25. The van der Waals surface area contributed by atoms with Gasteiger partial charge in [0.15, 0.2) is 0 Å². The Bertz CT molecular complexity index is 474. The zero-order chi connectivity index (χ0) is 14.7. The monoisotopic (exact) mass is 398 g/mol. The Morgan fingerprint density at radius 2 is 1.67 bits per heavy atom. The first-order valence-corrected chi connectivity index (χ1v) is 9.07. The summed E-state index contributed by atoms with van der Waals surface area (Å²) in [7, 11) is 0. The number of carbonyl (C=O) groups excluding carboxylic acids is 1. The van der Waals surface area contributed by atoms with Crippen LogP contribution in [0.3, 0.4) is 0 Å². The number of carbonyl (C=O) groups is 1. The molecule has 4 heteroatoms. The number of halogens is 1. The molecule has 21 heavy (non-hydrogen) atoms. The molecule has 0 radical (unpaired) electrons. The Balaban J connectivity index is 1.50. The number of piperidine rings is 1. The first-order chi connectivity index (χ1) is 10.2. The van der Waals surface area contributed by atoms with Crippen molar-refractivity contribution in [3.05, 3.63) is 33.4 Å². The van der Waals surface area contributed by atoms with E-state index in [1.54, 1.807) is 0 Å². The standard InChI is InChI=1S/C17H23IN2O/c18-16-5-3-15(4-6-16)17(21)20-11-7-14(8-12-20)13-19-9-1-2-10-19/h3-6,14H,1-2,7-13H2. The van der Waals surface area contributed by atoms with Crippen molar-refractivity contribution >= 4 is 28.5 Å². The topological polar surface area (TPSA) is 23.6 Å². The van der Waals surface area contributed by atoms with E-state index in [0.717, 1.165) is 37.4 Å². The quantitative estimate of drug-likeness (QED) is 0.730. The minimum absolute atomic E-state index is 0.200. The Labute approximate surface area is 140 Å². The average molecular weight is 398 g/mol. The van der Waals surface area contributed by atoms with Crippen molar-refractivity contribution < 1.29 is 4.79 Å². The summed E-state index contributed by atoms with van der Waals surface area (Å²) in [5.74, 6) is 0.981. The summed E-state index contributed by atoms with van der Waals surface area (Å²) >= 11 is 2.27. The zero-order valence-electron chi connectivity index (χ0n) is 12.4. The van der Waals surface area contributed by atoms with Crippen molar-refractivity contribution in [3.63, 3.8) is 0 Å². The van der Waals surface area contributed by atoms with Gasteiger partial charge in [-0.1, -0.05) is 0 Å². The highest BCUT2D eigenvalue weighted by Gasteiger charge is 2.25. The molecule has 1 aromatic rings. The van der Waals surface area contributed by atoms with Gasteiger partial charge in [0.05, 0.1) is 0 Å². The van der Waals surface area contributed by atoms with Crippen LogP contribution in [0.5, 0.6) is 0 Å². The van der Waals surface area contributed by atoms with Crippen molar-refractivity contribution in [2.75, 3.05) is 32.7 Å². The van der Waals surface area contributed by atoms with Gasteiger partial charge >= 0.3 is 0 Å². The number of nitrogens with zero attached hydrogens (tertiary/aromatic N) is 2. The second-order valence-corrected chi connectivity index (χ2v) is 7.50. The molecule has 1 amide bonds. The van der Waals surface area contributed by atoms with Gasteiger partial charge in [-0.25, -0.2) is 0 Å². The van der Waals surface area contributed by atoms with E-state index in [1.165, 1.54) is 36.0 Å². The molecule has 3 rings (SSSR count). The van der Waals surface area contributed by atoms with Crippen LogP contribution in [0, 0.1) is 9.49 Å². The fraction of sp³-hybridized carbons (Fsp3) is 0.588. The average Bonchev–Trinajstić information content (AvgIpc) is 3.01. The van der Waals surface area contributed by atoms with Gasteiger partial charge in [-0.05, 0) is 91.5 Å². The summed E-state index contributed by atoms with van der Waals surface area (Å²) in [6, 6.07) is 7.91. The lowest BCUT2D eigenvalue weighted by Gasteiger charge is -2.34. The number of hydrogen-bond donors (Lipinski definition) is 0. The maximum absolute atomic E-state index is 12.5. The number of benzene rings is 1. The van der Waals surface area contributed by atoms with E-state index in [4.69, 9.17) is 0 Å². The lowest BCUT2D eigenvalue weighted by molar-refractivity contribution is 0.0673. The first kappa shape index (κ1) is 15.3. The molecule has 0 atom stereocenters. The number of rotatable bonds is 3. The smallest absolute Gasteiger partial charge is 0.253 e.